The number of rotatable bonds is 4. The van der Waals surface area contributed by atoms with E-state index in [1.165, 1.54) is 0 Å². The largest absolute Gasteiger partial charge is 0.268 e. The van der Waals surface area contributed by atoms with Gasteiger partial charge in [-0.15, -0.1) is 10.2 Å². The van der Waals surface area contributed by atoms with Crippen LogP contribution in [-0.2, 0) is 6.54 Å². The summed E-state index contributed by atoms with van der Waals surface area (Å²) in [4.78, 5) is 12.1. The molecule has 0 bridgehead atoms. The summed E-state index contributed by atoms with van der Waals surface area (Å²) >= 11 is 1.56. The van der Waals surface area contributed by atoms with Gasteiger partial charge in [-0.1, -0.05) is 43.4 Å². The Morgan fingerprint density at radius 3 is 2.57 bits per heavy atom. The molecule has 21 heavy (non-hydrogen) atoms. The van der Waals surface area contributed by atoms with E-state index in [0.717, 1.165) is 15.7 Å². The minimum atomic E-state index is -0.0415. The van der Waals surface area contributed by atoms with E-state index in [1.54, 1.807) is 28.3 Å². The van der Waals surface area contributed by atoms with E-state index in [0.29, 0.717) is 12.5 Å². The van der Waals surface area contributed by atoms with Crippen molar-refractivity contribution in [2.75, 3.05) is 0 Å². The maximum absolute atomic E-state index is 12.1. The van der Waals surface area contributed by atoms with Gasteiger partial charge < -0.3 is 0 Å². The van der Waals surface area contributed by atoms with Crippen LogP contribution in [0.15, 0.2) is 47.4 Å². The second-order valence-electron chi connectivity index (χ2n) is 5.08. The molecule has 0 amide bonds. The van der Waals surface area contributed by atoms with Crippen molar-refractivity contribution in [1.29, 1.82) is 0 Å². The van der Waals surface area contributed by atoms with Crippen molar-refractivity contribution in [1.82, 2.24) is 19.6 Å². The number of aromatic nitrogens is 4. The molecule has 0 unspecified atom stereocenters. The topological polar surface area (TPSA) is 52.7 Å². The highest BCUT2D eigenvalue weighted by molar-refractivity contribution is 7.11. The van der Waals surface area contributed by atoms with Crippen LogP contribution in [0.2, 0.25) is 0 Å². The van der Waals surface area contributed by atoms with Crippen LogP contribution in [0.3, 0.4) is 0 Å². The number of hydrogen-bond donors (Lipinski definition) is 0. The molecule has 0 N–H and O–H groups in total. The lowest BCUT2D eigenvalue weighted by molar-refractivity contribution is 0.581. The molecule has 0 aliphatic carbocycles. The number of nitrogens with zero attached hydrogens (tertiary/aromatic N) is 4. The average Bonchev–Trinajstić information content (AvgIpc) is 3.09. The molecule has 0 saturated carbocycles. The van der Waals surface area contributed by atoms with Crippen LogP contribution >= 0.6 is 11.3 Å². The van der Waals surface area contributed by atoms with Crippen molar-refractivity contribution in [2.24, 2.45) is 0 Å². The van der Waals surface area contributed by atoms with Crippen molar-refractivity contribution in [3.63, 3.8) is 0 Å². The lowest BCUT2D eigenvalue weighted by Crippen LogP contribution is -2.22. The normalized spacial score (nSPS) is 11.2. The Kier molecular flexibility index (Phi) is 3.70. The van der Waals surface area contributed by atoms with Gasteiger partial charge in [-0.2, -0.15) is 0 Å². The molecule has 0 saturated heterocycles. The molecule has 6 heteroatoms. The van der Waals surface area contributed by atoms with Crippen LogP contribution in [0.5, 0.6) is 0 Å². The number of hydrogen-bond acceptors (Lipinski definition) is 4. The van der Waals surface area contributed by atoms with E-state index in [1.807, 2.05) is 35.0 Å². The van der Waals surface area contributed by atoms with Crippen LogP contribution in [0.25, 0.3) is 5.69 Å². The van der Waals surface area contributed by atoms with Crippen LogP contribution in [-0.4, -0.2) is 19.6 Å². The third kappa shape index (κ3) is 2.80. The number of para-hydroxylation sites is 1. The van der Waals surface area contributed by atoms with Crippen LogP contribution in [0.1, 0.15) is 29.8 Å². The lowest BCUT2D eigenvalue weighted by Gasteiger charge is -2.10. The molecule has 2 aromatic heterocycles. The van der Waals surface area contributed by atoms with Gasteiger partial charge in [0.2, 0.25) is 0 Å². The predicted octanol–water partition coefficient (Wildman–Crippen LogP) is 2.66. The summed E-state index contributed by atoms with van der Waals surface area (Å²) in [6.07, 6.45) is 1.78. The molecule has 2 heterocycles. The Morgan fingerprint density at radius 1 is 1.14 bits per heavy atom. The molecule has 0 spiro atoms. The van der Waals surface area contributed by atoms with Crippen molar-refractivity contribution in [2.45, 2.75) is 26.3 Å². The molecule has 0 radical (unpaired) electrons. The van der Waals surface area contributed by atoms with E-state index in [2.05, 4.69) is 24.0 Å². The fourth-order valence-corrected chi connectivity index (χ4v) is 2.89. The molecule has 0 aliphatic heterocycles. The molecule has 0 atom stereocenters. The molecular formula is C15H16N4OS. The summed E-state index contributed by atoms with van der Waals surface area (Å²) in [5.41, 5.74) is 0.911. The van der Waals surface area contributed by atoms with E-state index in [9.17, 15) is 4.79 Å². The first-order chi connectivity index (χ1) is 10.1. The predicted molar refractivity (Wildman–Crippen MR) is 83.1 cm³/mol. The lowest BCUT2D eigenvalue weighted by atomic mass is 10.2. The minimum absolute atomic E-state index is 0.0415. The van der Waals surface area contributed by atoms with Gasteiger partial charge >= 0.3 is 0 Å². The smallest absolute Gasteiger partial charge is 0.267 e. The minimum Gasteiger partial charge on any atom is -0.268 e. The highest BCUT2D eigenvalue weighted by atomic mass is 32.1. The van der Waals surface area contributed by atoms with Crippen molar-refractivity contribution in [3.8, 4) is 5.69 Å². The molecule has 0 fully saturated rings. The Bertz CT molecular complexity index is 785. The second-order valence-corrected chi connectivity index (χ2v) is 6.17. The van der Waals surface area contributed by atoms with Crippen LogP contribution < -0.4 is 5.56 Å². The van der Waals surface area contributed by atoms with Crippen molar-refractivity contribution >= 4 is 11.3 Å². The van der Waals surface area contributed by atoms with Crippen molar-refractivity contribution in [3.05, 3.63) is 63.0 Å². The first kappa shape index (κ1) is 13.8. The van der Waals surface area contributed by atoms with Gasteiger partial charge in [0.25, 0.3) is 5.56 Å². The van der Waals surface area contributed by atoms with E-state index in [4.69, 9.17) is 0 Å². The molecule has 3 rings (SSSR count). The highest BCUT2D eigenvalue weighted by Gasteiger charge is 2.11. The molecule has 0 aliphatic rings. The zero-order chi connectivity index (χ0) is 14.8. The summed E-state index contributed by atoms with van der Waals surface area (Å²) in [6.45, 7) is 4.61. The van der Waals surface area contributed by atoms with Gasteiger partial charge in [-0.05, 0) is 12.1 Å². The Balaban J connectivity index is 1.95. The van der Waals surface area contributed by atoms with Gasteiger partial charge in [0.15, 0.2) is 0 Å². The maximum Gasteiger partial charge on any atom is 0.267 e. The van der Waals surface area contributed by atoms with Gasteiger partial charge in [0, 0.05) is 18.2 Å². The first-order valence-electron chi connectivity index (χ1n) is 6.81. The van der Waals surface area contributed by atoms with Crippen molar-refractivity contribution < 1.29 is 0 Å². The van der Waals surface area contributed by atoms with E-state index in [-0.39, 0.29) is 5.56 Å². The Morgan fingerprint density at radius 2 is 1.90 bits per heavy atom. The van der Waals surface area contributed by atoms with Gasteiger partial charge in [-0.3, -0.25) is 9.48 Å². The van der Waals surface area contributed by atoms with Crippen LogP contribution in [0.4, 0.5) is 0 Å². The first-order valence-corrected chi connectivity index (χ1v) is 7.63. The van der Waals surface area contributed by atoms with Crippen LogP contribution in [0, 0.1) is 0 Å². The zero-order valence-electron chi connectivity index (χ0n) is 11.9. The molecule has 1 aromatic carbocycles. The van der Waals surface area contributed by atoms with Gasteiger partial charge in [-0.25, -0.2) is 4.68 Å². The Hall–Kier alpha value is -2.21. The third-order valence-corrected chi connectivity index (χ3v) is 4.36. The zero-order valence-corrected chi connectivity index (χ0v) is 12.7. The summed E-state index contributed by atoms with van der Waals surface area (Å²) < 4.78 is 3.51. The molecular weight excluding hydrogens is 284 g/mol. The van der Waals surface area contributed by atoms with Gasteiger partial charge in [0.05, 0.1) is 12.2 Å². The van der Waals surface area contributed by atoms with Gasteiger partial charge in [0.1, 0.15) is 10.0 Å². The Labute approximate surface area is 126 Å². The van der Waals surface area contributed by atoms with E-state index >= 15 is 0 Å². The molecule has 3 aromatic rings. The summed E-state index contributed by atoms with van der Waals surface area (Å²) in [5, 5.41) is 10.2. The summed E-state index contributed by atoms with van der Waals surface area (Å²) in [6, 6.07) is 11.4. The number of benzene rings is 1. The second kappa shape index (κ2) is 5.65. The fourth-order valence-electron chi connectivity index (χ4n) is 2.06. The highest BCUT2D eigenvalue weighted by Crippen LogP contribution is 2.19. The molecule has 5 nitrogen and oxygen atoms in total. The summed E-state index contributed by atoms with van der Waals surface area (Å²) in [7, 11) is 0. The molecule has 108 valence electrons. The summed E-state index contributed by atoms with van der Waals surface area (Å²) in [5.74, 6) is 0.355. The quantitative estimate of drug-likeness (QED) is 0.744. The maximum atomic E-state index is 12.1. The standard InChI is InChI=1S/C15H16N4OS/c1-11(2)15-17-16-13(21-15)10-19-14(20)8-9-18(19)12-6-4-3-5-7-12/h3-9,11H,10H2,1-2H3. The van der Waals surface area contributed by atoms with E-state index < -0.39 is 0 Å². The third-order valence-electron chi connectivity index (χ3n) is 3.15. The average molecular weight is 300 g/mol. The monoisotopic (exact) mass is 300 g/mol. The SMILES string of the molecule is CC(C)c1nnc(Cn2c(=O)ccn2-c2ccccc2)s1. The fraction of sp³-hybridized carbons (Fsp3) is 0.267.